The summed E-state index contributed by atoms with van der Waals surface area (Å²) in [6.45, 7) is 1.48. The fourth-order valence-electron chi connectivity index (χ4n) is 2.16. The number of nitrogens with zero attached hydrogens (tertiary/aromatic N) is 3. The lowest BCUT2D eigenvalue weighted by Crippen LogP contribution is -2.42. The zero-order chi connectivity index (χ0) is 13.0. The standard InChI is InChI=1S/C12H17N3O3/c1-18-12(17)10-3-7-14(8-4-10)11(16)9-15-6-2-5-13-15/h2,5-6,10H,3-4,7-9H2,1H3. The van der Waals surface area contributed by atoms with E-state index in [-0.39, 0.29) is 24.3 Å². The minimum absolute atomic E-state index is 0.0435. The van der Waals surface area contributed by atoms with E-state index in [0.717, 1.165) is 0 Å². The van der Waals surface area contributed by atoms with Gasteiger partial charge in [0.2, 0.25) is 5.91 Å². The molecule has 18 heavy (non-hydrogen) atoms. The Morgan fingerprint density at radius 2 is 2.11 bits per heavy atom. The molecule has 0 aliphatic carbocycles. The molecule has 0 bridgehead atoms. The van der Waals surface area contributed by atoms with Crippen molar-refractivity contribution in [3.63, 3.8) is 0 Å². The largest absolute Gasteiger partial charge is 0.469 e. The molecule has 2 heterocycles. The van der Waals surface area contributed by atoms with E-state index in [1.807, 2.05) is 0 Å². The number of hydrogen-bond acceptors (Lipinski definition) is 4. The van der Waals surface area contributed by atoms with Gasteiger partial charge in [0.25, 0.3) is 0 Å². The Morgan fingerprint density at radius 1 is 1.39 bits per heavy atom. The first-order valence-corrected chi connectivity index (χ1v) is 6.03. The zero-order valence-corrected chi connectivity index (χ0v) is 10.4. The van der Waals surface area contributed by atoms with Crippen LogP contribution in [0.15, 0.2) is 18.5 Å². The zero-order valence-electron chi connectivity index (χ0n) is 10.4. The van der Waals surface area contributed by atoms with Gasteiger partial charge in [0, 0.05) is 25.5 Å². The Bertz CT molecular complexity index is 408. The number of aromatic nitrogens is 2. The van der Waals surface area contributed by atoms with E-state index in [2.05, 4.69) is 5.10 Å². The van der Waals surface area contributed by atoms with Crippen molar-refractivity contribution in [3.8, 4) is 0 Å². The average molecular weight is 251 g/mol. The van der Waals surface area contributed by atoms with Crippen molar-refractivity contribution in [1.29, 1.82) is 0 Å². The molecule has 1 amide bonds. The van der Waals surface area contributed by atoms with Crippen LogP contribution in [-0.2, 0) is 20.9 Å². The first-order chi connectivity index (χ1) is 8.70. The smallest absolute Gasteiger partial charge is 0.308 e. The van der Waals surface area contributed by atoms with Crippen LogP contribution in [0.2, 0.25) is 0 Å². The van der Waals surface area contributed by atoms with Crippen molar-refractivity contribution in [1.82, 2.24) is 14.7 Å². The third-order valence-corrected chi connectivity index (χ3v) is 3.24. The second-order valence-electron chi connectivity index (χ2n) is 4.38. The molecule has 0 atom stereocenters. The topological polar surface area (TPSA) is 64.4 Å². The van der Waals surface area contributed by atoms with Crippen molar-refractivity contribution >= 4 is 11.9 Å². The Kier molecular flexibility index (Phi) is 3.96. The lowest BCUT2D eigenvalue weighted by molar-refractivity contribution is -0.149. The molecule has 0 N–H and O–H groups in total. The first kappa shape index (κ1) is 12.6. The van der Waals surface area contributed by atoms with E-state index < -0.39 is 0 Å². The number of methoxy groups -OCH3 is 1. The van der Waals surface area contributed by atoms with E-state index in [9.17, 15) is 9.59 Å². The van der Waals surface area contributed by atoms with E-state index in [0.29, 0.717) is 25.9 Å². The molecule has 98 valence electrons. The Hall–Kier alpha value is -1.85. The number of carbonyl (C=O) groups excluding carboxylic acids is 2. The summed E-state index contributed by atoms with van der Waals surface area (Å²) >= 11 is 0. The highest BCUT2D eigenvalue weighted by Crippen LogP contribution is 2.18. The summed E-state index contributed by atoms with van der Waals surface area (Å²) < 4.78 is 6.32. The van der Waals surface area contributed by atoms with Crippen LogP contribution in [0.4, 0.5) is 0 Å². The number of likely N-dealkylation sites (tertiary alicyclic amines) is 1. The predicted molar refractivity (Wildman–Crippen MR) is 63.5 cm³/mol. The van der Waals surface area contributed by atoms with Gasteiger partial charge in [-0.3, -0.25) is 14.3 Å². The van der Waals surface area contributed by atoms with Gasteiger partial charge in [-0.2, -0.15) is 5.10 Å². The molecule has 1 aromatic heterocycles. The lowest BCUT2D eigenvalue weighted by Gasteiger charge is -2.30. The number of hydrogen-bond donors (Lipinski definition) is 0. The van der Waals surface area contributed by atoms with Crippen LogP contribution in [0.1, 0.15) is 12.8 Å². The molecule has 0 aromatic carbocycles. The summed E-state index contributed by atoms with van der Waals surface area (Å²) in [4.78, 5) is 25.1. The second-order valence-corrected chi connectivity index (χ2v) is 4.38. The SMILES string of the molecule is COC(=O)C1CCN(C(=O)Cn2cccn2)CC1. The molecule has 0 unspecified atom stereocenters. The van der Waals surface area contributed by atoms with E-state index in [4.69, 9.17) is 4.74 Å². The van der Waals surface area contributed by atoms with Gasteiger partial charge in [0.05, 0.1) is 13.0 Å². The summed E-state index contributed by atoms with van der Waals surface area (Å²) in [5.41, 5.74) is 0. The van der Waals surface area contributed by atoms with Crippen LogP contribution in [0.3, 0.4) is 0 Å². The van der Waals surface area contributed by atoms with Crippen LogP contribution in [-0.4, -0.2) is 46.8 Å². The molecule has 1 aliphatic heterocycles. The summed E-state index contributed by atoms with van der Waals surface area (Å²) in [5.74, 6) is -0.194. The maximum Gasteiger partial charge on any atom is 0.308 e. The summed E-state index contributed by atoms with van der Waals surface area (Å²) in [6.07, 6.45) is 4.77. The summed E-state index contributed by atoms with van der Waals surface area (Å²) in [7, 11) is 1.40. The predicted octanol–water partition coefficient (Wildman–Crippen LogP) is 0.295. The summed E-state index contributed by atoms with van der Waals surface area (Å²) in [5, 5.41) is 4.00. The second kappa shape index (κ2) is 5.66. The van der Waals surface area contributed by atoms with Gasteiger partial charge < -0.3 is 9.64 Å². The lowest BCUT2D eigenvalue weighted by atomic mass is 9.97. The van der Waals surface area contributed by atoms with E-state index in [1.165, 1.54) is 7.11 Å². The monoisotopic (exact) mass is 251 g/mol. The van der Waals surface area contributed by atoms with Gasteiger partial charge in [-0.15, -0.1) is 0 Å². The van der Waals surface area contributed by atoms with Crippen LogP contribution >= 0.6 is 0 Å². The van der Waals surface area contributed by atoms with Crippen molar-refractivity contribution in [3.05, 3.63) is 18.5 Å². The van der Waals surface area contributed by atoms with Crippen molar-refractivity contribution in [2.24, 2.45) is 5.92 Å². The third kappa shape index (κ3) is 2.88. The number of amides is 1. The number of piperidine rings is 1. The first-order valence-electron chi connectivity index (χ1n) is 6.03. The molecule has 1 aromatic rings. The third-order valence-electron chi connectivity index (χ3n) is 3.24. The fourth-order valence-corrected chi connectivity index (χ4v) is 2.16. The number of carbonyl (C=O) groups is 2. The number of ether oxygens (including phenoxy) is 1. The highest BCUT2D eigenvalue weighted by atomic mass is 16.5. The van der Waals surface area contributed by atoms with Gasteiger partial charge in [-0.05, 0) is 18.9 Å². The molecule has 1 fully saturated rings. The molecule has 0 spiro atoms. The van der Waals surface area contributed by atoms with Gasteiger partial charge in [0.1, 0.15) is 6.54 Å². The molecule has 1 aliphatic rings. The molecule has 6 heteroatoms. The Morgan fingerprint density at radius 3 is 2.67 bits per heavy atom. The normalized spacial score (nSPS) is 16.6. The number of esters is 1. The van der Waals surface area contributed by atoms with Crippen LogP contribution in [0, 0.1) is 5.92 Å². The van der Waals surface area contributed by atoms with Crippen molar-refractivity contribution in [2.45, 2.75) is 19.4 Å². The van der Waals surface area contributed by atoms with Crippen molar-refractivity contribution in [2.75, 3.05) is 20.2 Å². The van der Waals surface area contributed by atoms with Crippen LogP contribution in [0.5, 0.6) is 0 Å². The Balaban J connectivity index is 1.82. The maximum atomic E-state index is 12.0. The summed E-state index contributed by atoms with van der Waals surface area (Å²) in [6, 6.07) is 1.79. The highest BCUT2D eigenvalue weighted by molar-refractivity contribution is 5.77. The molecule has 0 radical (unpaired) electrons. The van der Waals surface area contributed by atoms with E-state index >= 15 is 0 Å². The van der Waals surface area contributed by atoms with Crippen LogP contribution < -0.4 is 0 Å². The Labute approximate surface area is 106 Å². The van der Waals surface area contributed by atoms with E-state index in [1.54, 1.807) is 28.0 Å². The quantitative estimate of drug-likeness (QED) is 0.724. The van der Waals surface area contributed by atoms with Gasteiger partial charge >= 0.3 is 5.97 Å². The van der Waals surface area contributed by atoms with Crippen molar-refractivity contribution < 1.29 is 14.3 Å². The fraction of sp³-hybridized carbons (Fsp3) is 0.583. The number of rotatable bonds is 3. The molecule has 0 saturated carbocycles. The van der Waals surface area contributed by atoms with Crippen LogP contribution in [0.25, 0.3) is 0 Å². The highest BCUT2D eigenvalue weighted by Gasteiger charge is 2.27. The average Bonchev–Trinajstić information content (AvgIpc) is 2.91. The molecular weight excluding hydrogens is 234 g/mol. The molecule has 2 rings (SSSR count). The van der Waals surface area contributed by atoms with Gasteiger partial charge in [0.15, 0.2) is 0 Å². The minimum Gasteiger partial charge on any atom is -0.469 e. The molecule has 6 nitrogen and oxygen atoms in total. The molecular formula is C12H17N3O3. The molecule has 1 saturated heterocycles. The maximum absolute atomic E-state index is 12.0. The van der Waals surface area contributed by atoms with Gasteiger partial charge in [-0.1, -0.05) is 0 Å². The van der Waals surface area contributed by atoms with Gasteiger partial charge in [-0.25, -0.2) is 0 Å². The minimum atomic E-state index is -0.172.